The average molecular weight is 333 g/mol. The van der Waals surface area contributed by atoms with Crippen molar-refractivity contribution in [1.82, 2.24) is 4.90 Å². The monoisotopic (exact) mass is 333 g/mol. The molecule has 2 unspecified atom stereocenters. The lowest BCUT2D eigenvalue weighted by Crippen LogP contribution is -2.42. The highest BCUT2D eigenvalue weighted by atomic mass is 16.6. The number of hydrogen-bond donors (Lipinski definition) is 0. The summed E-state index contributed by atoms with van der Waals surface area (Å²) in [7, 11) is 3.35. The molecule has 132 valence electrons. The second-order valence-electron chi connectivity index (χ2n) is 7.54. The summed E-state index contributed by atoms with van der Waals surface area (Å²) in [6.07, 6.45) is 2.59. The molecule has 1 aliphatic heterocycles. The largest absolute Gasteiger partial charge is 0.493 e. The molecule has 1 aromatic rings. The summed E-state index contributed by atoms with van der Waals surface area (Å²) in [6, 6.07) is 4.31. The molecule has 1 saturated heterocycles. The van der Waals surface area contributed by atoms with E-state index in [1.165, 1.54) is 11.1 Å². The van der Waals surface area contributed by atoms with Gasteiger partial charge in [-0.25, -0.2) is 4.79 Å². The second kappa shape index (κ2) is 6.19. The second-order valence-corrected chi connectivity index (χ2v) is 7.54. The van der Waals surface area contributed by atoms with Gasteiger partial charge in [0.15, 0.2) is 11.5 Å². The molecule has 1 fully saturated rings. The topological polar surface area (TPSA) is 48.0 Å². The Morgan fingerprint density at radius 1 is 1.17 bits per heavy atom. The highest BCUT2D eigenvalue weighted by Gasteiger charge is 2.43. The van der Waals surface area contributed by atoms with Crippen molar-refractivity contribution in [3.63, 3.8) is 0 Å². The summed E-state index contributed by atoms with van der Waals surface area (Å²) < 4.78 is 16.6. The van der Waals surface area contributed by atoms with Crippen LogP contribution in [-0.2, 0) is 11.2 Å². The van der Waals surface area contributed by atoms with Crippen LogP contribution in [0.25, 0.3) is 0 Å². The summed E-state index contributed by atoms with van der Waals surface area (Å²) in [5.74, 6) is 1.96. The van der Waals surface area contributed by atoms with Gasteiger partial charge in [0.1, 0.15) is 5.60 Å². The normalized spacial score (nSPS) is 22.6. The fourth-order valence-corrected chi connectivity index (χ4v) is 4.02. The molecule has 5 nitrogen and oxygen atoms in total. The van der Waals surface area contributed by atoms with E-state index in [2.05, 4.69) is 6.07 Å². The first-order valence-corrected chi connectivity index (χ1v) is 8.59. The summed E-state index contributed by atoms with van der Waals surface area (Å²) in [5.41, 5.74) is 2.05. The molecule has 24 heavy (non-hydrogen) atoms. The van der Waals surface area contributed by atoms with Gasteiger partial charge in [0.05, 0.1) is 14.2 Å². The molecule has 0 spiro atoms. The number of ether oxygens (including phenoxy) is 3. The number of nitrogens with zero attached hydrogens (tertiary/aromatic N) is 1. The molecule has 0 N–H and O–H groups in total. The first-order valence-electron chi connectivity index (χ1n) is 8.59. The molecular weight excluding hydrogens is 306 g/mol. The van der Waals surface area contributed by atoms with E-state index >= 15 is 0 Å². The van der Waals surface area contributed by atoms with E-state index in [1.807, 2.05) is 31.7 Å². The van der Waals surface area contributed by atoms with Crippen molar-refractivity contribution in [3.05, 3.63) is 23.3 Å². The number of carbonyl (C=O) groups is 1. The van der Waals surface area contributed by atoms with Crippen LogP contribution < -0.4 is 9.47 Å². The van der Waals surface area contributed by atoms with Crippen LogP contribution in [0, 0.1) is 0 Å². The van der Waals surface area contributed by atoms with Crippen molar-refractivity contribution < 1.29 is 19.0 Å². The number of hydrogen-bond acceptors (Lipinski definition) is 4. The number of benzene rings is 1. The van der Waals surface area contributed by atoms with Crippen LogP contribution in [0.2, 0.25) is 0 Å². The molecule has 1 amide bonds. The van der Waals surface area contributed by atoms with Crippen molar-refractivity contribution in [2.24, 2.45) is 0 Å². The highest BCUT2D eigenvalue weighted by Crippen LogP contribution is 2.47. The van der Waals surface area contributed by atoms with Gasteiger partial charge in [-0.15, -0.1) is 0 Å². The molecule has 0 bridgehead atoms. The van der Waals surface area contributed by atoms with E-state index in [-0.39, 0.29) is 12.1 Å². The lowest BCUT2D eigenvalue weighted by molar-refractivity contribution is 0.0209. The first kappa shape index (κ1) is 16.9. The Hall–Kier alpha value is -1.91. The molecule has 0 aromatic heterocycles. The maximum atomic E-state index is 12.5. The summed E-state index contributed by atoms with van der Waals surface area (Å²) >= 11 is 0. The van der Waals surface area contributed by atoms with E-state index in [0.717, 1.165) is 37.3 Å². The number of carbonyl (C=O) groups excluding carboxylic acids is 1. The zero-order valence-corrected chi connectivity index (χ0v) is 15.2. The maximum absolute atomic E-state index is 12.5. The minimum Gasteiger partial charge on any atom is -0.493 e. The van der Waals surface area contributed by atoms with E-state index in [1.54, 1.807) is 14.2 Å². The van der Waals surface area contributed by atoms with Gasteiger partial charge < -0.3 is 19.1 Å². The predicted octanol–water partition coefficient (Wildman–Crippen LogP) is 3.74. The minimum atomic E-state index is -0.460. The number of amides is 1. The quantitative estimate of drug-likeness (QED) is 0.827. The van der Waals surface area contributed by atoms with E-state index < -0.39 is 5.60 Å². The van der Waals surface area contributed by atoms with Gasteiger partial charge in [0.25, 0.3) is 0 Å². The van der Waals surface area contributed by atoms with Crippen LogP contribution in [0.5, 0.6) is 11.5 Å². The van der Waals surface area contributed by atoms with Crippen molar-refractivity contribution in [2.45, 2.75) is 57.6 Å². The van der Waals surface area contributed by atoms with Gasteiger partial charge in [-0.05, 0) is 51.7 Å². The molecule has 1 heterocycles. The smallest absolute Gasteiger partial charge is 0.410 e. The standard InChI is InChI=1S/C19H27NO4/c1-19(2,3)24-18(21)20-11-10-13-12-7-9-16(22-4)17(23-5)14(12)6-8-15(13)20/h7,9,13,15H,6,8,10-11H2,1-5H3. The van der Waals surface area contributed by atoms with E-state index in [4.69, 9.17) is 14.2 Å². The summed E-state index contributed by atoms with van der Waals surface area (Å²) in [6.45, 7) is 6.47. The third kappa shape index (κ3) is 2.92. The Kier molecular flexibility index (Phi) is 4.37. The van der Waals surface area contributed by atoms with Crippen LogP contribution in [0.3, 0.4) is 0 Å². The van der Waals surface area contributed by atoms with Crippen LogP contribution >= 0.6 is 0 Å². The van der Waals surface area contributed by atoms with Gasteiger partial charge in [-0.1, -0.05) is 6.07 Å². The van der Waals surface area contributed by atoms with Crippen molar-refractivity contribution >= 4 is 6.09 Å². The lowest BCUT2D eigenvalue weighted by atomic mass is 9.79. The molecule has 0 radical (unpaired) electrons. The molecule has 2 aliphatic rings. The number of fused-ring (bicyclic) bond motifs is 3. The zero-order valence-electron chi connectivity index (χ0n) is 15.2. The highest BCUT2D eigenvalue weighted by molar-refractivity contribution is 5.69. The van der Waals surface area contributed by atoms with Gasteiger partial charge in [-0.2, -0.15) is 0 Å². The average Bonchev–Trinajstić information content (AvgIpc) is 2.96. The molecule has 5 heteroatoms. The Morgan fingerprint density at radius 3 is 2.54 bits per heavy atom. The molecule has 1 aliphatic carbocycles. The summed E-state index contributed by atoms with van der Waals surface area (Å²) in [4.78, 5) is 14.4. The number of rotatable bonds is 2. The zero-order chi connectivity index (χ0) is 17.5. The molecule has 0 saturated carbocycles. The van der Waals surface area contributed by atoms with Gasteiger partial charge >= 0.3 is 6.09 Å². The fraction of sp³-hybridized carbons (Fsp3) is 0.632. The number of likely N-dealkylation sites (tertiary alicyclic amines) is 1. The SMILES string of the molecule is COc1ccc2c(c1OC)CCC1C2CCN1C(=O)OC(C)(C)C. The molecule has 1 aromatic carbocycles. The van der Waals surface area contributed by atoms with Gasteiger partial charge in [0, 0.05) is 24.1 Å². The van der Waals surface area contributed by atoms with E-state index in [9.17, 15) is 4.79 Å². The van der Waals surface area contributed by atoms with Crippen LogP contribution in [0.15, 0.2) is 12.1 Å². The maximum Gasteiger partial charge on any atom is 0.410 e. The Morgan fingerprint density at radius 2 is 1.92 bits per heavy atom. The van der Waals surface area contributed by atoms with E-state index in [0.29, 0.717) is 5.92 Å². The Bertz CT molecular complexity index is 635. The Labute approximate surface area is 143 Å². The van der Waals surface area contributed by atoms with Crippen LogP contribution in [-0.4, -0.2) is 43.4 Å². The predicted molar refractivity (Wildman–Crippen MR) is 92.0 cm³/mol. The third-order valence-corrected chi connectivity index (χ3v) is 4.95. The lowest BCUT2D eigenvalue weighted by Gasteiger charge is -2.35. The molecule has 2 atom stereocenters. The van der Waals surface area contributed by atoms with Gasteiger partial charge in [0.2, 0.25) is 0 Å². The Balaban J connectivity index is 1.87. The molecular formula is C19H27NO4. The van der Waals surface area contributed by atoms with Crippen molar-refractivity contribution in [1.29, 1.82) is 0 Å². The van der Waals surface area contributed by atoms with Crippen molar-refractivity contribution in [2.75, 3.05) is 20.8 Å². The fourth-order valence-electron chi connectivity index (χ4n) is 4.02. The third-order valence-electron chi connectivity index (χ3n) is 4.95. The van der Waals surface area contributed by atoms with Gasteiger partial charge in [-0.3, -0.25) is 0 Å². The first-order chi connectivity index (χ1) is 11.4. The van der Waals surface area contributed by atoms with Crippen molar-refractivity contribution in [3.8, 4) is 11.5 Å². The minimum absolute atomic E-state index is 0.195. The molecule has 3 rings (SSSR count). The number of methoxy groups -OCH3 is 2. The van der Waals surface area contributed by atoms with Crippen LogP contribution in [0.4, 0.5) is 4.79 Å². The van der Waals surface area contributed by atoms with Crippen LogP contribution in [0.1, 0.15) is 50.7 Å². The summed E-state index contributed by atoms with van der Waals surface area (Å²) in [5, 5.41) is 0.